The van der Waals surface area contributed by atoms with Crippen LogP contribution in [-0.2, 0) is 4.74 Å². The lowest BCUT2D eigenvalue weighted by atomic mass is 9.88. The van der Waals surface area contributed by atoms with Crippen molar-refractivity contribution in [2.75, 3.05) is 36.8 Å². The normalized spacial score (nSPS) is 21.6. The fourth-order valence-corrected chi connectivity index (χ4v) is 4.27. The maximum absolute atomic E-state index is 13.2. The molecule has 1 aromatic carbocycles. The van der Waals surface area contributed by atoms with Crippen LogP contribution in [0.4, 0.5) is 29.3 Å². The Morgan fingerprint density at radius 3 is 2.37 bits per heavy atom. The average Bonchev–Trinajstić information content (AvgIpc) is 2.67. The number of nitrogens with zero attached hydrogens (tertiary/aromatic N) is 2. The van der Waals surface area contributed by atoms with E-state index in [1.54, 1.807) is 15.9 Å². The van der Waals surface area contributed by atoms with Crippen molar-refractivity contribution in [3.63, 3.8) is 0 Å². The Kier molecular flexibility index (Phi) is 6.43. The fourth-order valence-electron chi connectivity index (χ4n) is 4.27. The minimum absolute atomic E-state index is 0.0474. The van der Waals surface area contributed by atoms with Crippen LogP contribution in [-0.4, -0.2) is 48.9 Å². The molecule has 8 heteroatoms. The van der Waals surface area contributed by atoms with Gasteiger partial charge in [-0.3, -0.25) is 0 Å². The molecule has 30 heavy (non-hydrogen) atoms. The highest BCUT2D eigenvalue weighted by Crippen LogP contribution is 2.38. The molecule has 2 heterocycles. The monoisotopic (exact) mass is 427 g/mol. The Labute approximate surface area is 176 Å². The molecule has 2 saturated heterocycles. The SMILES string of the molecule is CC(C)(C)OC(=O)N1CCC(c2ccc(N)c(N3CCCC(C(F)(F)F)C3)c2)CC1. The van der Waals surface area contributed by atoms with Gasteiger partial charge in [0.25, 0.3) is 0 Å². The van der Waals surface area contributed by atoms with E-state index in [4.69, 9.17) is 10.5 Å². The molecule has 1 aromatic rings. The topological polar surface area (TPSA) is 58.8 Å². The molecule has 168 valence electrons. The van der Waals surface area contributed by atoms with Gasteiger partial charge in [0.2, 0.25) is 0 Å². The van der Waals surface area contributed by atoms with E-state index in [0.29, 0.717) is 37.4 Å². The van der Waals surface area contributed by atoms with Gasteiger partial charge in [0, 0.05) is 26.2 Å². The first-order valence-corrected chi connectivity index (χ1v) is 10.6. The van der Waals surface area contributed by atoms with Crippen LogP contribution in [0.25, 0.3) is 0 Å². The molecule has 1 unspecified atom stereocenters. The summed E-state index contributed by atoms with van der Waals surface area (Å²) in [5.74, 6) is -1.07. The van der Waals surface area contributed by atoms with E-state index in [1.807, 2.05) is 32.9 Å². The van der Waals surface area contributed by atoms with E-state index < -0.39 is 17.7 Å². The second-order valence-corrected chi connectivity index (χ2v) is 9.39. The minimum Gasteiger partial charge on any atom is -0.444 e. The lowest BCUT2D eigenvalue weighted by Gasteiger charge is -2.37. The summed E-state index contributed by atoms with van der Waals surface area (Å²) in [5, 5.41) is 0. The number of piperidine rings is 2. The van der Waals surface area contributed by atoms with Crippen LogP contribution in [0.1, 0.15) is 57.9 Å². The molecule has 0 bridgehead atoms. The number of carbonyl (C=O) groups excluding carboxylic acids is 1. The Bertz CT molecular complexity index is 753. The largest absolute Gasteiger partial charge is 0.444 e. The Morgan fingerprint density at radius 1 is 1.10 bits per heavy atom. The second kappa shape index (κ2) is 8.55. The van der Waals surface area contributed by atoms with Crippen molar-refractivity contribution in [1.82, 2.24) is 4.90 Å². The zero-order chi connectivity index (χ0) is 22.1. The summed E-state index contributed by atoms with van der Waals surface area (Å²) in [6.07, 6.45) is -2.24. The van der Waals surface area contributed by atoms with Crippen LogP contribution in [0.15, 0.2) is 18.2 Å². The number of halogens is 3. The molecule has 0 saturated carbocycles. The van der Waals surface area contributed by atoms with Crippen molar-refractivity contribution in [2.45, 2.75) is 64.1 Å². The Hall–Kier alpha value is -2.12. The lowest BCUT2D eigenvalue weighted by Crippen LogP contribution is -2.42. The maximum atomic E-state index is 13.2. The summed E-state index contributed by atoms with van der Waals surface area (Å²) in [7, 11) is 0. The van der Waals surface area contributed by atoms with Crippen LogP contribution in [0, 0.1) is 5.92 Å². The van der Waals surface area contributed by atoms with Gasteiger partial charge in [-0.05, 0) is 70.1 Å². The third kappa shape index (κ3) is 5.52. The molecule has 1 atom stereocenters. The zero-order valence-corrected chi connectivity index (χ0v) is 18.0. The number of rotatable bonds is 2. The number of hydrogen-bond donors (Lipinski definition) is 1. The number of amides is 1. The standard InChI is InChI=1S/C22H32F3N3O2/c1-21(2,3)30-20(29)27-11-8-15(9-12-27)16-6-7-18(26)19(13-16)28-10-4-5-17(14-28)22(23,24)25/h6-7,13,15,17H,4-5,8-12,14,26H2,1-3H3. The minimum atomic E-state index is -4.18. The molecule has 0 radical (unpaired) electrons. The molecule has 2 aliphatic rings. The summed E-state index contributed by atoms with van der Waals surface area (Å²) in [5.41, 5.74) is 7.87. The number of benzene rings is 1. The summed E-state index contributed by atoms with van der Waals surface area (Å²) < 4.78 is 45.1. The highest BCUT2D eigenvalue weighted by Gasteiger charge is 2.42. The summed E-state index contributed by atoms with van der Waals surface area (Å²) >= 11 is 0. The van der Waals surface area contributed by atoms with Gasteiger partial charge in [0.05, 0.1) is 17.3 Å². The van der Waals surface area contributed by atoms with Crippen LogP contribution in [0.3, 0.4) is 0 Å². The van der Waals surface area contributed by atoms with E-state index in [-0.39, 0.29) is 25.0 Å². The number of anilines is 2. The van der Waals surface area contributed by atoms with Gasteiger partial charge in [-0.15, -0.1) is 0 Å². The highest BCUT2D eigenvalue weighted by molar-refractivity contribution is 5.70. The summed E-state index contributed by atoms with van der Waals surface area (Å²) in [6, 6.07) is 5.70. The van der Waals surface area contributed by atoms with E-state index in [1.165, 1.54) is 0 Å². The number of nitrogen functional groups attached to an aromatic ring is 1. The number of nitrogens with two attached hydrogens (primary N) is 1. The summed E-state index contributed by atoms with van der Waals surface area (Å²) in [6.45, 7) is 7.26. The third-order valence-electron chi connectivity index (χ3n) is 5.90. The first kappa shape index (κ1) is 22.6. The quantitative estimate of drug-likeness (QED) is 0.662. The van der Waals surface area contributed by atoms with Gasteiger partial charge < -0.3 is 20.3 Å². The van der Waals surface area contributed by atoms with Gasteiger partial charge >= 0.3 is 12.3 Å². The number of ether oxygens (including phenoxy) is 1. The van der Waals surface area contributed by atoms with Crippen molar-refractivity contribution in [3.8, 4) is 0 Å². The number of hydrogen-bond acceptors (Lipinski definition) is 4. The second-order valence-electron chi connectivity index (χ2n) is 9.39. The molecule has 2 aliphatic heterocycles. The van der Waals surface area contributed by atoms with Crippen LogP contribution >= 0.6 is 0 Å². The van der Waals surface area contributed by atoms with E-state index in [0.717, 1.165) is 18.4 Å². The van der Waals surface area contributed by atoms with Crippen molar-refractivity contribution in [2.24, 2.45) is 5.92 Å². The highest BCUT2D eigenvalue weighted by atomic mass is 19.4. The van der Waals surface area contributed by atoms with Crippen molar-refractivity contribution < 1.29 is 22.7 Å². The van der Waals surface area contributed by atoms with Crippen molar-refractivity contribution in [3.05, 3.63) is 23.8 Å². The van der Waals surface area contributed by atoms with Crippen molar-refractivity contribution >= 4 is 17.5 Å². The molecule has 1 amide bonds. The number of alkyl halides is 3. The van der Waals surface area contributed by atoms with Crippen LogP contribution in [0.5, 0.6) is 0 Å². The van der Waals surface area contributed by atoms with Crippen LogP contribution in [0.2, 0.25) is 0 Å². The summed E-state index contributed by atoms with van der Waals surface area (Å²) in [4.78, 5) is 15.8. The average molecular weight is 428 g/mol. The fraction of sp³-hybridized carbons (Fsp3) is 0.682. The molecule has 0 aliphatic carbocycles. The van der Waals surface area contributed by atoms with Gasteiger partial charge in [-0.2, -0.15) is 13.2 Å². The predicted octanol–water partition coefficient (Wildman–Crippen LogP) is 5.16. The van der Waals surface area contributed by atoms with Gasteiger partial charge in [0.15, 0.2) is 0 Å². The molecule has 3 rings (SSSR count). The number of likely N-dealkylation sites (tertiary alicyclic amines) is 1. The molecule has 2 fully saturated rings. The molecule has 0 spiro atoms. The smallest absolute Gasteiger partial charge is 0.410 e. The third-order valence-corrected chi connectivity index (χ3v) is 5.90. The number of carbonyl (C=O) groups is 1. The Morgan fingerprint density at radius 2 is 1.77 bits per heavy atom. The van der Waals surface area contributed by atoms with Crippen LogP contribution < -0.4 is 10.6 Å². The molecule has 5 nitrogen and oxygen atoms in total. The van der Waals surface area contributed by atoms with Gasteiger partial charge in [-0.1, -0.05) is 6.07 Å². The van der Waals surface area contributed by atoms with Gasteiger partial charge in [0.1, 0.15) is 5.60 Å². The molecule has 0 aromatic heterocycles. The van der Waals surface area contributed by atoms with Crippen molar-refractivity contribution in [1.29, 1.82) is 0 Å². The van der Waals surface area contributed by atoms with E-state index >= 15 is 0 Å². The van der Waals surface area contributed by atoms with E-state index in [9.17, 15) is 18.0 Å². The molecule has 2 N–H and O–H groups in total. The lowest BCUT2D eigenvalue weighted by molar-refractivity contribution is -0.175. The molecular weight excluding hydrogens is 395 g/mol. The first-order chi connectivity index (χ1) is 13.9. The molecular formula is C22H32F3N3O2. The Balaban J connectivity index is 1.67. The van der Waals surface area contributed by atoms with Gasteiger partial charge in [-0.25, -0.2) is 4.79 Å². The zero-order valence-electron chi connectivity index (χ0n) is 18.0. The maximum Gasteiger partial charge on any atom is 0.410 e. The first-order valence-electron chi connectivity index (χ1n) is 10.6. The van der Waals surface area contributed by atoms with E-state index in [2.05, 4.69) is 0 Å². The predicted molar refractivity (Wildman–Crippen MR) is 112 cm³/mol.